The van der Waals surface area contributed by atoms with Crippen molar-refractivity contribution in [3.8, 4) is 0 Å². The minimum absolute atomic E-state index is 0.0466. The van der Waals surface area contributed by atoms with Crippen LogP contribution in [-0.4, -0.2) is 39.2 Å². The largest absolute Gasteiger partial charge is 0.348 e. The minimum Gasteiger partial charge on any atom is -0.348 e. The molecule has 0 aromatic carbocycles. The first kappa shape index (κ1) is 14.2. The Kier molecular flexibility index (Phi) is 4.64. The summed E-state index contributed by atoms with van der Waals surface area (Å²) in [6.45, 7) is 3.31. The van der Waals surface area contributed by atoms with Gasteiger partial charge in [0, 0.05) is 18.9 Å². The van der Waals surface area contributed by atoms with Gasteiger partial charge in [-0.05, 0) is 19.3 Å². The maximum absolute atomic E-state index is 11.8. The number of sulfonamides is 1. The standard InChI is InChI=1S/C12H23NO4S/c1-2-3-10-18(14,15)13-11-4-6-12(7-5-11)16-8-9-17-12/h11,13H,2-10H2,1H3. The topological polar surface area (TPSA) is 64.6 Å². The lowest BCUT2D eigenvalue weighted by molar-refractivity contribution is -0.178. The zero-order valence-corrected chi connectivity index (χ0v) is 11.8. The highest BCUT2D eigenvalue weighted by molar-refractivity contribution is 7.89. The van der Waals surface area contributed by atoms with Crippen LogP contribution in [0.2, 0.25) is 0 Å². The summed E-state index contributed by atoms with van der Waals surface area (Å²) in [5.41, 5.74) is 0. The van der Waals surface area contributed by atoms with Crippen LogP contribution in [-0.2, 0) is 19.5 Å². The third-order valence-corrected chi connectivity index (χ3v) is 5.19. The number of nitrogens with one attached hydrogen (secondary N) is 1. The molecule has 0 radical (unpaired) electrons. The van der Waals surface area contributed by atoms with Gasteiger partial charge in [-0.3, -0.25) is 0 Å². The Balaban J connectivity index is 1.79. The lowest BCUT2D eigenvalue weighted by Gasteiger charge is -2.35. The van der Waals surface area contributed by atoms with Crippen LogP contribution in [0, 0.1) is 0 Å². The van der Waals surface area contributed by atoms with E-state index in [1.54, 1.807) is 0 Å². The normalized spacial score (nSPS) is 24.7. The Labute approximate surface area is 109 Å². The molecule has 1 aliphatic carbocycles. The van der Waals surface area contributed by atoms with Crippen molar-refractivity contribution in [2.75, 3.05) is 19.0 Å². The molecule has 0 amide bonds. The van der Waals surface area contributed by atoms with E-state index in [-0.39, 0.29) is 11.8 Å². The van der Waals surface area contributed by atoms with Crippen LogP contribution >= 0.6 is 0 Å². The summed E-state index contributed by atoms with van der Waals surface area (Å²) in [5.74, 6) is -0.177. The molecule has 0 atom stereocenters. The van der Waals surface area contributed by atoms with E-state index in [1.165, 1.54) is 0 Å². The molecule has 1 spiro atoms. The summed E-state index contributed by atoms with van der Waals surface area (Å²) >= 11 is 0. The molecule has 0 bridgehead atoms. The smallest absolute Gasteiger partial charge is 0.211 e. The summed E-state index contributed by atoms with van der Waals surface area (Å²) in [5, 5.41) is 0. The lowest BCUT2D eigenvalue weighted by atomic mass is 9.91. The first-order valence-electron chi connectivity index (χ1n) is 6.83. The fourth-order valence-corrected chi connectivity index (χ4v) is 4.14. The molecule has 106 valence electrons. The van der Waals surface area contributed by atoms with Gasteiger partial charge in [-0.1, -0.05) is 13.3 Å². The first-order chi connectivity index (χ1) is 8.55. The summed E-state index contributed by atoms with van der Waals surface area (Å²) in [6, 6.07) is 0.0466. The van der Waals surface area contributed by atoms with Crippen LogP contribution < -0.4 is 4.72 Å². The first-order valence-corrected chi connectivity index (χ1v) is 8.48. The maximum Gasteiger partial charge on any atom is 0.211 e. The molecule has 0 aromatic heterocycles. The van der Waals surface area contributed by atoms with Gasteiger partial charge in [0.25, 0.3) is 0 Å². The monoisotopic (exact) mass is 277 g/mol. The van der Waals surface area contributed by atoms with Gasteiger partial charge in [-0.25, -0.2) is 13.1 Å². The average molecular weight is 277 g/mol. The van der Waals surface area contributed by atoms with Gasteiger partial charge < -0.3 is 9.47 Å². The van der Waals surface area contributed by atoms with Crippen LogP contribution in [0.3, 0.4) is 0 Å². The van der Waals surface area contributed by atoms with Gasteiger partial charge in [0.2, 0.25) is 10.0 Å². The van der Waals surface area contributed by atoms with Crippen molar-refractivity contribution in [2.24, 2.45) is 0 Å². The second-order valence-corrected chi connectivity index (χ2v) is 7.05. The predicted molar refractivity (Wildman–Crippen MR) is 68.7 cm³/mol. The Bertz CT molecular complexity index is 352. The second kappa shape index (κ2) is 5.86. The predicted octanol–water partition coefficient (Wildman–Crippen LogP) is 1.39. The van der Waals surface area contributed by atoms with Crippen LogP contribution in [0.5, 0.6) is 0 Å². The van der Waals surface area contributed by atoms with E-state index in [9.17, 15) is 8.42 Å². The van der Waals surface area contributed by atoms with Gasteiger partial charge in [-0.15, -0.1) is 0 Å². The van der Waals surface area contributed by atoms with Crippen molar-refractivity contribution in [3.63, 3.8) is 0 Å². The van der Waals surface area contributed by atoms with E-state index in [0.29, 0.717) is 13.2 Å². The minimum atomic E-state index is -3.11. The summed E-state index contributed by atoms with van der Waals surface area (Å²) < 4.78 is 37.6. The molecule has 2 rings (SSSR count). The molecule has 1 saturated heterocycles. The molecule has 1 heterocycles. The van der Waals surface area contributed by atoms with Crippen molar-refractivity contribution in [2.45, 2.75) is 57.3 Å². The zero-order chi connectivity index (χ0) is 13.1. The number of hydrogen-bond donors (Lipinski definition) is 1. The van der Waals surface area contributed by atoms with Gasteiger partial charge in [0.1, 0.15) is 0 Å². The Hall–Kier alpha value is -0.170. The highest BCUT2D eigenvalue weighted by Crippen LogP contribution is 2.35. The van der Waals surface area contributed by atoms with E-state index in [2.05, 4.69) is 4.72 Å². The van der Waals surface area contributed by atoms with Crippen molar-refractivity contribution >= 4 is 10.0 Å². The molecule has 5 nitrogen and oxygen atoms in total. The molecular formula is C12H23NO4S. The third kappa shape index (κ3) is 3.66. The second-order valence-electron chi connectivity index (χ2n) is 5.17. The zero-order valence-electron chi connectivity index (χ0n) is 11.0. The van der Waals surface area contributed by atoms with E-state index in [4.69, 9.17) is 9.47 Å². The fraction of sp³-hybridized carbons (Fsp3) is 1.00. The third-order valence-electron chi connectivity index (χ3n) is 3.67. The van der Waals surface area contributed by atoms with Crippen molar-refractivity contribution < 1.29 is 17.9 Å². The number of unbranched alkanes of at least 4 members (excludes halogenated alkanes) is 1. The van der Waals surface area contributed by atoms with E-state index >= 15 is 0 Å². The molecule has 1 N–H and O–H groups in total. The van der Waals surface area contributed by atoms with E-state index in [0.717, 1.165) is 38.5 Å². The van der Waals surface area contributed by atoms with E-state index in [1.807, 2.05) is 6.92 Å². The van der Waals surface area contributed by atoms with Gasteiger partial charge in [-0.2, -0.15) is 0 Å². The summed E-state index contributed by atoms with van der Waals surface area (Å²) in [7, 11) is -3.11. The van der Waals surface area contributed by atoms with Crippen molar-refractivity contribution in [1.29, 1.82) is 0 Å². The quantitative estimate of drug-likeness (QED) is 0.825. The van der Waals surface area contributed by atoms with Gasteiger partial charge >= 0.3 is 0 Å². The van der Waals surface area contributed by atoms with Gasteiger partial charge in [0.05, 0.1) is 19.0 Å². The number of ether oxygens (including phenoxy) is 2. The molecule has 0 aromatic rings. The van der Waals surface area contributed by atoms with Crippen LogP contribution in [0.15, 0.2) is 0 Å². The molecule has 0 unspecified atom stereocenters. The summed E-state index contributed by atoms with van der Waals surface area (Å²) in [6.07, 6.45) is 4.78. The SMILES string of the molecule is CCCCS(=O)(=O)NC1CCC2(CC1)OCCO2. The Morgan fingerprint density at radius 2 is 1.83 bits per heavy atom. The summed E-state index contributed by atoms with van der Waals surface area (Å²) in [4.78, 5) is 0. The highest BCUT2D eigenvalue weighted by Gasteiger charge is 2.40. The molecule has 2 fully saturated rings. The molecule has 1 aliphatic heterocycles. The number of hydrogen-bond acceptors (Lipinski definition) is 4. The van der Waals surface area contributed by atoms with Gasteiger partial charge in [0.15, 0.2) is 5.79 Å². The molecule has 6 heteroatoms. The maximum atomic E-state index is 11.8. The van der Waals surface area contributed by atoms with Crippen LogP contribution in [0.4, 0.5) is 0 Å². The highest BCUT2D eigenvalue weighted by atomic mass is 32.2. The molecule has 18 heavy (non-hydrogen) atoms. The molecule has 1 saturated carbocycles. The molecular weight excluding hydrogens is 254 g/mol. The average Bonchev–Trinajstić information content (AvgIpc) is 2.79. The lowest BCUT2D eigenvalue weighted by Crippen LogP contribution is -2.44. The Morgan fingerprint density at radius 1 is 1.22 bits per heavy atom. The van der Waals surface area contributed by atoms with Crippen molar-refractivity contribution in [1.82, 2.24) is 4.72 Å². The Morgan fingerprint density at radius 3 is 2.39 bits per heavy atom. The molecule has 2 aliphatic rings. The van der Waals surface area contributed by atoms with Crippen molar-refractivity contribution in [3.05, 3.63) is 0 Å². The van der Waals surface area contributed by atoms with Crippen LogP contribution in [0.1, 0.15) is 45.4 Å². The van der Waals surface area contributed by atoms with E-state index < -0.39 is 15.8 Å². The van der Waals surface area contributed by atoms with Crippen LogP contribution in [0.25, 0.3) is 0 Å². The number of rotatable bonds is 5. The fourth-order valence-electron chi connectivity index (χ4n) is 2.61.